The van der Waals surface area contributed by atoms with Crippen LogP contribution in [0.2, 0.25) is 0 Å². The van der Waals surface area contributed by atoms with Crippen molar-refractivity contribution >= 4 is 22.8 Å². The van der Waals surface area contributed by atoms with Crippen molar-refractivity contribution in [3.63, 3.8) is 0 Å². The number of H-pyrrole nitrogens is 1. The van der Waals surface area contributed by atoms with Crippen molar-refractivity contribution in [1.29, 1.82) is 0 Å². The lowest BCUT2D eigenvalue weighted by atomic mass is 9.87. The van der Waals surface area contributed by atoms with Crippen LogP contribution >= 0.6 is 0 Å². The van der Waals surface area contributed by atoms with Crippen LogP contribution < -0.4 is 4.74 Å². The molecule has 0 aliphatic rings. The molecule has 0 unspecified atom stereocenters. The van der Waals surface area contributed by atoms with Crippen molar-refractivity contribution in [2.24, 2.45) is 4.99 Å². The number of nitrogens with one attached hydrogen (secondary N) is 1. The smallest absolute Gasteiger partial charge is 0.198 e. The Morgan fingerprint density at radius 3 is 2.42 bits per heavy atom. The summed E-state index contributed by atoms with van der Waals surface area (Å²) < 4.78 is 5.25. The third kappa shape index (κ3) is 3.13. The first-order chi connectivity index (χ1) is 11.4. The molecule has 0 radical (unpaired) electrons. The van der Waals surface area contributed by atoms with Gasteiger partial charge in [-0.3, -0.25) is 4.99 Å². The van der Waals surface area contributed by atoms with Crippen LogP contribution in [0, 0.1) is 0 Å². The number of ether oxygens (including phenoxy) is 1. The number of nitrogens with zero attached hydrogens (tertiary/aromatic N) is 1. The molecule has 3 aromatic rings. The molecule has 0 atom stereocenters. The second-order valence-corrected chi connectivity index (χ2v) is 6.85. The second-order valence-electron chi connectivity index (χ2n) is 6.85. The van der Waals surface area contributed by atoms with Crippen LogP contribution in [0.5, 0.6) is 11.6 Å². The van der Waals surface area contributed by atoms with Crippen LogP contribution in [0.15, 0.2) is 47.5 Å². The van der Waals surface area contributed by atoms with Gasteiger partial charge in [-0.1, -0.05) is 32.9 Å². The zero-order valence-corrected chi connectivity index (χ0v) is 14.4. The second kappa shape index (κ2) is 6.04. The number of fused-ring (bicyclic) bond motifs is 1. The fourth-order valence-electron chi connectivity index (χ4n) is 2.62. The van der Waals surface area contributed by atoms with E-state index in [0.717, 1.165) is 22.3 Å². The van der Waals surface area contributed by atoms with E-state index >= 15 is 0 Å². The van der Waals surface area contributed by atoms with Gasteiger partial charge in [-0.15, -0.1) is 0 Å². The Kier molecular flexibility index (Phi) is 4.06. The van der Waals surface area contributed by atoms with Crippen LogP contribution in [0.1, 0.15) is 31.9 Å². The molecule has 0 saturated heterocycles. The highest BCUT2D eigenvalue weighted by molar-refractivity contribution is 6.03. The zero-order chi connectivity index (χ0) is 17.3. The largest absolute Gasteiger partial charge is 0.497 e. The SMILES string of the molecule is COc1ccc2[nH]c(O)c(C=Nc3ccc(C(C)(C)C)cc3)c2c1. The van der Waals surface area contributed by atoms with E-state index in [9.17, 15) is 5.11 Å². The van der Waals surface area contributed by atoms with Gasteiger partial charge in [0.05, 0.1) is 18.4 Å². The number of rotatable bonds is 3. The fourth-order valence-corrected chi connectivity index (χ4v) is 2.62. The van der Waals surface area contributed by atoms with Crippen LogP contribution in [0.4, 0.5) is 5.69 Å². The molecule has 0 fully saturated rings. The minimum atomic E-state index is 0.105. The normalized spacial score (nSPS) is 12.2. The van der Waals surface area contributed by atoms with E-state index in [0.29, 0.717) is 5.56 Å². The zero-order valence-electron chi connectivity index (χ0n) is 14.4. The number of benzene rings is 2. The molecule has 1 heterocycles. The summed E-state index contributed by atoms with van der Waals surface area (Å²) in [5.74, 6) is 0.846. The molecule has 1 aromatic heterocycles. The molecule has 0 amide bonds. The summed E-state index contributed by atoms with van der Waals surface area (Å²) in [5.41, 5.74) is 3.73. The quantitative estimate of drug-likeness (QED) is 0.672. The maximum atomic E-state index is 10.1. The fraction of sp³-hybridized carbons (Fsp3) is 0.250. The Morgan fingerprint density at radius 1 is 1.08 bits per heavy atom. The highest BCUT2D eigenvalue weighted by atomic mass is 16.5. The van der Waals surface area contributed by atoms with Crippen LogP contribution in [0.25, 0.3) is 10.9 Å². The van der Waals surface area contributed by atoms with E-state index in [-0.39, 0.29) is 11.3 Å². The molecule has 0 bridgehead atoms. The predicted molar refractivity (Wildman–Crippen MR) is 98.9 cm³/mol. The van der Waals surface area contributed by atoms with Gasteiger partial charge >= 0.3 is 0 Å². The number of hydrogen-bond donors (Lipinski definition) is 2. The van der Waals surface area contributed by atoms with Crippen molar-refractivity contribution in [2.45, 2.75) is 26.2 Å². The van der Waals surface area contributed by atoms with E-state index in [2.05, 4.69) is 42.9 Å². The highest BCUT2D eigenvalue weighted by Crippen LogP contribution is 2.30. The molecule has 2 N–H and O–H groups in total. The van der Waals surface area contributed by atoms with E-state index < -0.39 is 0 Å². The molecule has 0 spiro atoms. The van der Waals surface area contributed by atoms with E-state index in [4.69, 9.17) is 4.74 Å². The number of methoxy groups -OCH3 is 1. The predicted octanol–water partition coefficient (Wildman–Crippen LogP) is 4.93. The monoisotopic (exact) mass is 322 g/mol. The minimum absolute atomic E-state index is 0.105. The van der Waals surface area contributed by atoms with Crippen molar-refractivity contribution in [3.05, 3.63) is 53.6 Å². The summed E-state index contributed by atoms with van der Waals surface area (Å²) in [4.78, 5) is 7.44. The average Bonchev–Trinajstić information content (AvgIpc) is 2.87. The maximum Gasteiger partial charge on any atom is 0.198 e. The number of aromatic amines is 1. The summed E-state index contributed by atoms with van der Waals surface area (Å²) in [6.45, 7) is 6.55. The summed E-state index contributed by atoms with van der Waals surface area (Å²) in [6, 6.07) is 13.8. The van der Waals surface area contributed by atoms with Gasteiger partial charge in [-0.2, -0.15) is 0 Å². The lowest BCUT2D eigenvalue weighted by molar-refractivity contribution is 0.415. The maximum absolute atomic E-state index is 10.1. The molecule has 3 rings (SSSR count). The van der Waals surface area contributed by atoms with Crippen molar-refractivity contribution < 1.29 is 9.84 Å². The van der Waals surface area contributed by atoms with Gasteiger partial charge in [0, 0.05) is 17.1 Å². The Hall–Kier alpha value is -2.75. The molecule has 124 valence electrons. The van der Waals surface area contributed by atoms with Gasteiger partial charge in [-0.05, 0) is 41.3 Å². The van der Waals surface area contributed by atoms with Crippen molar-refractivity contribution in [2.75, 3.05) is 7.11 Å². The third-order valence-corrected chi connectivity index (χ3v) is 4.10. The number of aliphatic imine (C=N–C) groups is 1. The standard InChI is InChI=1S/C20H22N2O2/c1-20(2,3)13-5-7-14(8-6-13)21-12-17-16-11-15(24-4)9-10-18(16)22-19(17)23/h5-12,22-23H,1-4H3. The summed E-state index contributed by atoms with van der Waals surface area (Å²) >= 11 is 0. The van der Waals surface area contributed by atoms with Gasteiger partial charge in [0.2, 0.25) is 0 Å². The Labute approximate surface area is 141 Å². The van der Waals surface area contributed by atoms with Crippen LogP contribution in [-0.2, 0) is 5.41 Å². The molecule has 4 nitrogen and oxygen atoms in total. The summed E-state index contributed by atoms with van der Waals surface area (Å²) in [5, 5.41) is 11.0. The first-order valence-corrected chi connectivity index (χ1v) is 7.92. The molecule has 0 aliphatic carbocycles. The molecular formula is C20H22N2O2. The lowest BCUT2D eigenvalue weighted by Gasteiger charge is -2.18. The van der Waals surface area contributed by atoms with Crippen molar-refractivity contribution in [1.82, 2.24) is 4.98 Å². The summed E-state index contributed by atoms with van der Waals surface area (Å²) in [7, 11) is 1.62. The van der Waals surface area contributed by atoms with E-state index in [1.807, 2.05) is 30.3 Å². The average molecular weight is 322 g/mol. The number of aromatic nitrogens is 1. The van der Waals surface area contributed by atoms with Gasteiger partial charge in [0.1, 0.15) is 5.75 Å². The Bertz CT molecular complexity index is 884. The van der Waals surface area contributed by atoms with Crippen LogP contribution in [0.3, 0.4) is 0 Å². The van der Waals surface area contributed by atoms with E-state index in [1.165, 1.54) is 5.56 Å². The van der Waals surface area contributed by atoms with Gasteiger partial charge in [0.25, 0.3) is 0 Å². The summed E-state index contributed by atoms with van der Waals surface area (Å²) in [6.07, 6.45) is 1.68. The Balaban J connectivity index is 1.94. The van der Waals surface area contributed by atoms with Crippen LogP contribution in [-0.4, -0.2) is 23.4 Å². The molecule has 2 aromatic carbocycles. The number of hydrogen-bond acceptors (Lipinski definition) is 3. The highest BCUT2D eigenvalue weighted by Gasteiger charge is 2.13. The van der Waals surface area contributed by atoms with Gasteiger partial charge < -0.3 is 14.8 Å². The topological polar surface area (TPSA) is 57.6 Å². The lowest BCUT2D eigenvalue weighted by Crippen LogP contribution is -2.10. The minimum Gasteiger partial charge on any atom is -0.497 e. The molecule has 0 aliphatic heterocycles. The first kappa shape index (κ1) is 16.1. The molecular weight excluding hydrogens is 300 g/mol. The van der Waals surface area contributed by atoms with Crippen molar-refractivity contribution in [3.8, 4) is 11.6 Å². The van der Waals surface area contributed by atoms with Gasteiger partial charge in [-0.25, -0.2) is 0 Å². The molecule has 0 saturated carbocycles. The first-order valence-electron chi connectivity index (χ1n) is 7.92. The van der Waals surface area contributed by atoms with E-state index in [1.54, 1.807) is 13.3 Å². The molecule has 24 heavy (non-hydrogen) atoms. The van der Waals surface area contributed by atoms with Gasteiger partial charge in [0.15, 0.2) is 5.88 Å². The Morgan fingerprint density at radius 2 is 1.79 bits per heavy atom. The molecule has 4 heteroatoms. The third-order valence-electron chi connectivity index (χ3n) is 4.10. The number of aromatic hydroxyl groups is 1.